The number of aromatic nitrogens is 3. The van der Waals surface area contributed by atoms with E-state index < -0.39 is 0 Å². The van der Waals surface area contributed by atoms with Gasteiger partial charge in [0.15, 0.2) is 11.5 Å². The Bertz CT molecular complexity index is 1480. The minimum atomic E-state index is -0.141. The molecule has 1 atom stereocenters. The lowest BCUT2D eigenvalue weighted by atomic mass is 9.91. The minimum absolute atomic E-state index is 0.141. The van der Waals surface area contributed by atoms with Crippen molar-refractivity contribution >= 4 is 11.0 Å². The average Bonchev–Trinajstić information content (AvgIpc) is 3.54. The Morgan fingerprint density at radius 2 is 1.89 bits per heavy atom. The molecule has 0 bridgehead atoms. The van der Waals surface area contributed by atoms with Gasteiger partial charge in [0.1, 0.15) is 35.1 Å². The zero-order chi connectivity index (χ0) is 24.6. The molecule has 182 valence electrons. The molecule has 4 aromatic rings. The van der Waals surface area contributed by atoms with Crippen LogP contribution in [0.25, 0.3) is 16.7 Å². The van der Waals surface area contributed by atoms with E-state index in [2.05, 4.69) is 40.1 Å². The van der Waals surface area contributed by atoms with Crippen LogP contribution >= 0.6 is 0 Å². The third kappa shape index (κ3) is 3.88. The van der Waals surface area contributed by atoms with Crippen molar-refractivity contribution in [1.82, 2.24) is 19.9 Å². The van der Waals surface area contributed by atoms with Crippen LogP contribution in [0.2, 0.25) is 0 Å². The van der Waals surface area contributed by atoms with Gasteiger partial charge in [-0.15, -0.1) is 15.0 Å². The zero-order valence-electron chi connectivity index (χ0n) is 20.4. The Morgan fingerprint density at radius 1 is 1.08 bits per heavy atom. The molecule has 2 aliphatic rings. The predicted octanol–water partition coefficient (Wildman–Crippen LogP) is 4.08. The first kappa shape index (κ1) is 22.3. The maximum atomic E-state index is 6.12. The maximum Gasteiger partial charge on any atom is 0.231 e. The molecule has 3 aromatic carbocycles. The van der Waals surface area contributed by atoms with E-state index in [1.807, 2.05) is 49.4 Å². The van der Waals surface area contributed by atoms with Crippen LogP contribution in [-0.2, 0) is 6.42 Å². The van der Waals surface area contributed by atoms with Gasteiger partial charge in [0.25, 0.3) is 0 Å². The van der Waals surface area contributed by atoms with Crippen molar-refractivity contribution in [1.29, 1.82) is 0 Å². The summed E-state index contributed by atoms with van der Waals surface area (Å²) in [6.07, 6.45) is 0.894. The van der Waals surface area contributed by atoms with Gasteiger partial charge in [-0.05, 0) is 61.9 Å². The summed E-state index contributed by atoms with van der Waals surface area (Å²) in [7, 11) is 3.73. The molecule has 2 aliphatic heterocycles. The van der Waals surface area contributed by atoms with Gasteiger partial charge in [0.05, 0.1) is 7.11 Å². The number of ether oxygens (including phenoxy) is 4. The van der Waals surface area contributed by atoms with Crippen molar-refractivity contribution in [3.63, 3.8) is 0 Å². The molecule has 8 nitrogen and oxygen atoms in total. The minimum Gasteiger partial charge on any atom is -0.492 e. The van der Waals surface area contributed by atoms with Crippen molar-refractivity contribution in [2.75, 3.05) is 34.1 Å². The van der Waals surface area contributed by atoms with Gasteiger partial charge in [0, 0.05) is 12.1 Å². The third-order valence-electron chi connectivity index (χ3n) is 6.55. The fourth-order valence-corrected chi connectivity index (χ4v) is 4.74. The zero-order valence-corrected chi connectivity index (χ0v) is 20.4. The van der Waals surface area contributed by atoms with E-state index in [-0.39, 0.29) is 19.4 Å². The molecule has 3 heterocycles. The van der Waals surface area contributed by atoms with Gasteiger partial charge >= 0.3 is 0 Å². The van der Waals surface area contributed by atoms with E-state index in [1.165, 1.54) is 5.56 Å². The molecule has 1 aromatic heterocycles. The fourth-order valence-electron chi connectivity index (χ4n) is 4.74. The van der Waals surface area contributed by atoms with Gasteiger partial charge in [-0.3, -0.25) is 4.90 Å². The van der Waals surface area contributed by atoms with E-state index in [0.29, 0.717) is 17.2 Å². The molecule has 8 heteroatoms. The number of aryl methyl sites for hydroxylation is 1. The Hall–Kier alpha value is -4.22. The summed E-state index contributed by atoms with van der Waals surface area (Å²) in [5.41, 5.74) is 5.74. The smallest absolute Gasteiger partial charge is 0.231 e. The van der Waals surface area contributed by atoms with Gasteiger partial charge < -0.3 is 18.9 Å². The quantitative estimate of drug-likeness (QED) is 0.406. The molecule has 0 saturated heterocycles. The number of hydrogen-bond acceptors (Lipinski definition) is 7. The van der Waals surface area contributed by atoms with E-state index in [0.717, 1.165) is 46.6 Å². The standard InChI is InChI=1S/C28H26N4O4/c1-18-10-11-24(23(15-18)32-29-20-7-4-5-8-21(20)30-32)34-14-6-9-22-26-19(12-13-31(22)2)16-25-27(28(26)33-3)36-17-35-25/h4-5,7-8,10-11,15-16,22H,12-14,17H2,1-3H3. The molecule has 0 aliphatic carbocycles. The van der Waals surface area contributed by atoms with Gasteiger partial charge in [0.2, 0.25) is 12.5 Å². The highest BCUT2D eigenvalue weighted by Gasteiger charge is 2.33. The summed E-state index contributed by atoms with van der Waals surface area (Å²) in [6.45, 7) is 3.35. The number of rotatable bonds is 4. The average molecular weight is 483 g/mol. The van der Waals surface area contributed by atoms with E-state index in [4.69, 9.17) is 18.9 Å². The van der Waals surface area contributed by atoms with Crippen molar-refractivity contribution < 1.29 is 18.9 Å². The second-order valence-electron chi connectivity index (χ2n) is 8.91. The monoisotopic (exact) mass is 482 g/mol. The molecule has 1 unspecified atom stereocenters. The maximum absolute atomic E-state index is 6.12. The Kier molecular flexibility index (Phi) is 5.62. The second kappa shape index (κ2) is 9.10. The van der Waals surface area contributed by atoms with E-state index in [9.17, 15) is 0 Å². The van der Waals surface area contributed by atoms with E-state index >= 15 is 0 Å². The van der Waals surface area contributed by atoms with Crippen molar-refractivity contribution in [3.05, 3.63) is 65.2 Å². The molecule has 0 amide bonds. The molecule has 0 N–H and O–H groups in total. The summed E-state index contributed by atoms with van der Waals surface area (Å²) in [5, 5.41) is 9.23. The van der Waals surface area contributed by atoms with Crippen molar-refractivity contribution in [2.24, 2.45) is 0 Å². The van der Waals surface area contributed by atoms with Crippen LogP contribution in [-0.4, -0.2) is 54.0 Å². The Morgan fingerprint density at radius 3 is 2.67 bits per heavy atom. The van der Waals surface area contributed by atoms with Crippen LogP contribution in [0, 0.1) is 18.8 Å². The van der Waals surface area contributed by atoms with Gasteiger partial charge in [-0.25, -0.2) is 0 Å². The molecule has 0 saturated carbocycles. The summed E-state index contributed by atoms with van der Waals surface area (Å²) in [4.78, 5) is 3.84. The number of nitrogens with zero attached hydrogens (tertiary/aromatic N) is 4. The number of fused-ring (bicyclic) bond motifs is 3. The lowest BCUT2D eigenvalue weighted by molar-refractivity contribution is 0.171. The first-order valence-electron chi connectivity index (χ1n) is 11.9. The first-order valence-corrected chi connectivity index (χ1v) is 11.9. The lowest BCUT2D eigenvalue weighted by Crippen LogP contribution is -2.31. The number of hydrogen-bond donors (Lipinski definition) is 0. The Balaban J connectivity index is 1.27. The summed E-state index contributed by atoms with van der Waals surface area (Å²) >= 11 is 0. The molecule has 0 spiro atoms. The third-order valence-corrected chi connectivity index (χ3v) is 6.55. The van der Waals surface area contributed by atoms with Crippen LogP contribution in [0.15, 0.2) is 48.5 Å². The first-order chi connectivity index (χ1) is 17.6. The number of benzene rings is 3. The molecular formula is C28H26N4O4. The van der Waals surface area contributed by atoms with Crippen LogP contribution in [0.3, 0.4) is 0 Å². The van der Waals surface area contributed by atoms with Crippen molar-refractivity contribution in [3.8, 4) is 40.5 Å². The topological polar surface area (TPSA) is 70.9 Å². The van der Waals surface area contributed by atoms with Gasteiger partial charge in [-0.1, -0.05) is 30.0 Å². The second-order valence-corrected chi connectivity index (χ2v) is 8.91. The van der Waals surface area contributed by atoms with Crippen LogP contribution in [0.5, 0.6) is 23.0 Å². The normalized spacial score (nSPS) is 16.4. The number of likely N-dealkylation sites (N-methyl/N-ethyl adjacent to an activating group) is 1. The predicted molar refractivity (Wildman–Crippen MR) is 135 cm³/mol. The van der Waals surface area contributed by atoms with E-state index in [1.54, 1.807) is 11.9 Å². The molecule has 0 fully saturated rings. The lowest BCUT2D eigenvalue weighted by Gasteiger charge is -2.32. The highest BCUT2D eigenvalue weighted by Crippen LogP contribution is 2.49. The van der Waals surface area contributed by atoms with Crippen molar-refractivity contribution in [2.45, 2.75) is 19.4 Å². The van der Waals surface area contributed by atoms with Crippen LogP contribution < -0.4 is 18.9 Å². The summed E-state index contributed by atoms with van der Waals surface area (Å²) in [5.74, 6) is 9.37. The molecule has 6 rings (SSSR count). The molecular weight excluding hydrogens is 456 g/mol. The van der Waals surface area contributed by atoms with Crippen LogP contribution in [0.4, 0.5) is 0 Å². The molecule has 0 radical (unpaired) electrons. The number of methoxy groups -OCH3 is 1. The molecule has 36 heavy (non-hydrogen) atoms. The largest absolute Gasteiger partial charge is 0.492 e. The fraction of sp³-hybridized carbons (Fsp3) is 0.286. The summed E-state index contributed by atoms with van der Waals surface area (Å²) < 4.78 is 23.2. The highest BCUT2D eigenvalue weighted by molar-refractivity contribution is 5.73. The van der Waals surface area contributed by atoms with Gasteiger partial charge in [-0.2, -0.15) is 0 Å². The SMILES string of the molecule is COc1c2c(cc3c1C(C#CCOc1ccc(C)cc1-n1nc4ccccc4n1)N(C)CC3)OCO2. The summed E-state index contributed by atoms with van der Waals surface area (Å²) in [6, 6.07) is 15.7. The highest BCUT2D eigenvalue weighted by atomic mass is 16.7. The Labute approximate surface area is 209 Å². The van der Waals surface area contributed by atoms with Crippen LogP contribution in [0.1, 0.15) is 22.7 Å².